The topological polar surface area (TPSA) is 23.8 Å². The molecule has 0 amide bonds. The zero-order chi connectivity index (χ0) is 2.71. The van der Waals surface area contributed by atoms with E-state index in [1.807, 2.05) is 0 Å². The third kappa shape index (κ3) is 18.3. The van der Waals surface area contributed by atoms with Crippen LogP contribution in [0.25, 0.3) is 0 Å². The molecule has 0 N–H and O–H groups in total. The van der Waals surface area contributed by atoms with Crippen LogP contribution < -0.4 is 0 Å². The fourth-order valence-electron chi connectivity index (χ4n) is 0. The van der Waals surface area contributed by atoms with Crippen molar-refractivity contribution in [1.29, 1.82) is 5.26 Å². The first-order valence-electron chi connectivity index (χ1n) is 0.447. The maximum Gasteiger partial charge on any atom is 0.130 e. The van der Waals surface area contributed by atoms with E-state index in [-0.39, 0.29) is 23.1 Å². The highest BCUT2D eigenvalue weighted by atomic mass is 32.1. The Hall–Kier alpha value is 0.606. The molecule has 0 fully saturated rings. The summed E-state index contributed by atoms with van der Waals surface area (Å²) >= 11 is 3.09. The Labute approximate surface area is 46.6 Å². The van der Waals surface area contributed by atoms with Gasteiger partial charge in [-0.1, -0.05) is 12.6 Å². The second-order valence-corrected chi connectivity index (χ2v) is 0.300. The van der Waals surface area contributed by atoms with Gasteiger partial charge in [-0.25, -0.2) is 0 Å². The predicted octanol–water partition coefficient (Wildman–Crippen LogP) is 0.0165. The lowest BCUT2D eigenvalue weighted by Gasteiger charge is -1.14. The van der Waals surface area contributed by atoms with Crippen molar-refractivity contribution < 1.29 is 0 Å². The summed E-state index contributed by atoms with van der Waals surface area (Å²) in [4.78, 5) is 0. The van der Waals surface area contributed by atoms with Crippen LogP contribution in [0.5, 0.6) is 0 Å². The monoisotopic (exact) mass is 83.0 g/mol. The molecule has 0 saturated carbocycles. The fourth-order valence-corrected chi connectivity index (χ4v) is 0. The summed E-state index contributed by atoms with van der Waals surface area (Å²) in [5, 5.41) is 8.63. The lowest BCUT2D eigenvalue weighted by atomic mass is 11.8. The Kier molecular flexibility index (Phi) is 20.9. The highest BCUT2D eigenvalue weighted by molar-refractivity contribution is 7.85. The molecule has 0 unspecified atom stereocenters. The summed E-state index contributed by atoms with van der Waals surface area (Å²) in [6.07, 6.45) is 0. The Morgan fingerprint density at radius 2 is 1.75 bits per heavy atom. The van der Waals surface area contributed by atoms with E-state index in [9.17, 15) is 0 Å². The van der Waals surface area contributed by atoms with Gasteiger partial charge in [0.2, 0.25) is 0 Å². The van der Waals surface area contributed by atoms with Crippen molar-refractivity contribution in [1.82, 2.24) is 0 Å². The van der Waals surface area contributed by atoms with Gasteiger partial charge in [0.1, 0.15) is 5.40 Å². The average Bonchev–Trinajstić information content (AvgIpc) is 0.918. The van der Waals surface area contributed by atoms with E-state index in [0.717, 1.165) is 0 Å². The number of hydrogen-bond acceptors (Lipinski definition) is 2. The minimum Gasteiger partial charge on any atom is -0.185 e. The first-order valence-corrected chi connectivity index (χ1v) is 0.894. The summed E-state index contributed by atoms with van der Waals surface area (Å²) in [6.45, 7) is 0. The summed E-state index contributed by atoms with van der Waals surface area (Å²) in [6, 6.07) is 0. The molecular weight excluding hydrogens is 82.4 g/mol. The smallest absolute Gasteiger partial charge is 0.130 e. The van der Waals surface area contributed by atoms with E-state index < -0.39 is 0 Å². The van der Waals surface area contributed by atoms with Crippen LogP contribution >= 0.6 is 12.6 Å². The van der Waals surface area contributed by atoms with Crippen molar-refractivity contribution in [3.63, 3.8) is 0 Å². The zero-order valence-electron chi connectivity index (χ0n) is 2.10. The molecule has 0 aromatic rings. The van der Waals surface area contributed by atoms with Crippen molar-refractivity contribution in [3.05, 3.63) is 0 Å². The summed E-state index contributed by atoms with van der Waals surface area (Å²) < 4.78 is 0. The molecule has 0 heterocycles. The molecule has 0 aromatic heterocycles. The van der Waals surface area contributed by atoms with Crippen LogP contribution in [0.15, 0.2) is 0 Å². The molecule has 0 atom stereocenters. The van der Waals surface area contributed by atoms with Gasteiger partial charge in [0.25, 0.3) is 0 Å². The van der Waals surface area contributed by atoms with Gasteiger partial charge in [0, 0.05) is 23.1 Å². The molecule has 0 aliphatic rings. The van der Waals surface area contributed by atoms with Crippen molar-refractivity contribution in [2.75, 3.05) is 0 Å². The van der Waals surface area contributed by atoms with Crippen molar-refractivity contribution in [3.8, 4) is 5.40 Å². The summed E-state index contributed by atoms with van der Waals surface area (Å²) in [5.41, 5.74) is 0. The molecule has 0 saturated heterocycles. The molecular formula is CHMgNS. The van der Waals surface area contributed by atoms with Gasteiger partial charge in [-0.2, -0.15) is 5.26 Å². The molecule has 3 heteroatoms. The van der Waals surface area contributed by atoms with Crippen LogP contribution in [0.2, 0.25) is 0 Å². The van der Waals surface area contributed by atoms with Gasteiger partial charge in [-0.3, -0.25) is 0 Å². The van der Waals surface area contributed by atoms with Crippen molar-refractivity contribution >= 4 is 35.7 Å². The maximum atomic E-state index is 7.18. The van der Waals surface area contributed by atoms with E-state index in [4.69, 9.17) is 5.26 Å². The van der Waals surface area contributed by atoms with Gasteiger partial charge in [0.15, 0.2) is 0 Å². The lowest BCUT2D eigenvalue weighted by Crippen LogP contribution is -0.961. The third-order valence-electron chi connectivity index (χ3n) is 0. The van der Waals surface area contributed by atoms with Crippen LogP contribution in [0, 0.1) is 10.7 Å². The molecule has 0 rings (SSSR count). The quantitative estimate of drug-likeness (QED) is 0.249. The lowest BCUT2D eigenvalue weighted by molar-refractivity contribution is 1.57. The molecule has 0 aliphatic carbocycles. The standard InChI is InChI=1S/CHNS.Mg/c2-1-3;/h3H;. The Morgan fingerprint density at radius 3 is 1.75 bits per heavy atom. The Morgan fingerprint density at radius 1 is 1.75 bits per heavy atom. The predicted molar refractivity (Wildman–Crippen MR) is 20.4 cm³/mol. The van der Waals surface area contributed by atoms with Crippen LogP contribution in [0.3, 0.4) is 0 Å². The van der Waals surface area contributed by atoms with Crippen molar-refractivity contribution in [2.24, 2.45) is 0 Å². The van der Waals surface area contributed by atoms with E-state index in [1.54, 1.807) is 0 Å². The van der Waals surface area contributed by atoms with Gasteiger partial charge in [-0.15, -0.1) is 0 Å². The number of thiocyanates is 1. The number of hydrogen-bond donors (Lipinski definition) is 1. The summed E-state index contributed by atoms with van der Waals surface area (Å²) in [5.74, 6) is 0. The molecule has 1 nitrogen and oxygen atoms in total. The van der Waals surface area contributed by atoms with Gasteiger partial charge < -0.3 is 0 Å². The number of rotatable bonds is 0. The molecule has 0 bridgehead atoms. The molecule has 0 spiro atoms. The number of nitriles is 1. The normalized spacial score (nSPS) is 2.00. The average molecular weight is 83.4 g/mol. The third-order valence-corrected chi connectivity index (χ3v) is 0. The highest BCUT2D eigenvalue weighted by Crippen LogP contribution is 1.46. The van der Waals surface area contributed by atoms with Gasteiger partial charge in [-0.05, 0) is 0 Å². The Balaban J connectivity index is 0. The summed E-state index contributed by atoms with van der Waals surface area (Å²) in [7, 11) is 0. The number of thiol groups is 1. The fraction of sp³-hybridized carbons (Fsp3) is 0. The molecule has 0 aromatic carbocycles. The molecule has 18 valence electrons. The minimum absolute atomic E-state index is 0. The maximum absolute atomic E-state index is 7.18. The second-order valence-electron chi connectivity index (χ2n) is 0.100. The first kappa shape index (κ1) is 8.82. The first-order chi connectivity index (χ1) is 1.41. The van der Waals surface area contributed by atoms with Gasteiger partial charge >= 0.3 is 0 Å². The van der Waals surface area contributed by atoms with E-state index in [1.165, 1.54) is 5.40 Å². The Bertz CT molecular complexity index is 29.5. The van der Waals surface area contributed by atoms with E-state index in [2.05, 4.69) is 12.6 Å². The number of nitrogens with zero attached hydrogens (tertiary/aromatic N) is 1. The van der Waals surface area contributed by atoms with Gasteiger partial charge in [0.05, 0.1) is 0 Å². The van der Waals surface area contributed by atoms with Crippen LogP contribution in [0.4, 0.5) is 0 Å². The second kappa shape index (κ2) is 9.49. The molecule has 2 radical (unpaired) electrons. The van der Waals surface area contributed by atoms with E-state index in [0.29, 0.717) is 0 Å². The van der Waals surface area contributed by atoms with Crippen molar-refractivity contribution in [2.45, 2.75) is 0 Å². The van der Waals surface area contributed by atoms with Crippen LogP contribution in [0.1, 0.15) is 0 Å². The minimum atomic E-state index is 0. The van der Waals surface area contributed by atoms with Crippen LogP contribution in [-0.4, -0.2) is 23.1 Å². The highest BCUT2D eigenvalue weighted by Gasteiger charge is 1.18. The zero-order valence-corrected chi connectivity index (χ0v) is 4.41. The molecule has 0 aliphatic heterocycles. The SMILES string of the molecule is N#CS.[Mg]. The van der Waals surface area contributed by atoms with E-state index >= 15 is 0 Å². The largest absolute Gasteiger partial charge is 0.185 e. The van der Waals surface area contributed by atoms with Crippen LogP contribution in [-0.2, 0) is 0 Å². The molecule has 4 heavy (non-hydrogen) atoms.